The third-order valence-corrected chi connectivity index (χ3v) is 4.44. The summed E-state index contributed by atoms with van der Waals surface area (Å²) in [5, 5.41) is 3.00. The zero-order valence-electron chi connectivity index (χ0n) is 12.4. The molecule has 1 fully saturated rings. The summed E-state index contributed by atoms with van der Waals surface area (Å²) in [5.41, 5.74) is 1.15. The topological polar surface area (TPSA) is 42.0 Å². The number of benzene rings is 1. The van der Waals surface area contributed by atoms with E-state index >= 15 is 0 Å². The third-order valence-electron chi connectivity index (χ3n) is 4.44. The van der Waals surface area contributed by atoms with E-state index < -0.39 is 5.41 Å². The van der Waals surface area contributed by atoms with Gasteiger partial charge in [-0.3, -0.25) is 9.78 Å². The lowest BCUT2D eigenvalue weighted by Crippen LogP contribution is -2.42. The van der Waals surface area contributed by atoms with E-state index in [1.807, 2.05) is 18.2 Å². The minimum atomic E-state index is -0.593. The van der Waals surface area contributed by atoms with E-state index in [-0.39, 0.29) is 11.7 Å². The van der Waals surface area contributed by atoms with Crippen molar-refractivity contribution in [3.63, 3.8) is 0 Å². The molecule has 1 aliphatic carbocycles. The molecule has 114 valence electrons. The summed E-state index contributed by atoms with van der Waals surface area (Å²) in [4.78, 5) is 16.8. The van der Waals surface area contributed by atoms with Crippen molar-refractivity contribution in [1.29, 1.82) is 0 Å². The van der Waals surface area contributed by atoms with Crippen LogP contribution < -0.4 is 5.32 Å². The van der Waals surface area contributed by atoms with Crippen LogP contribution in [0.5, 0.6) is 0 Å². The Morgan fingerprint density at radius 2 is 2.05 bits per heavy atom. The summed E-state index contributed by atoms with van der Waals surface area (Å²) in [7, 11) is 0. The highest BCUT2D eigenvalue weighted by Gasteiger charge is 2.42. The fourth-order valence-corrected chi connectivity index (χ4v) is 3.27. The normalized spacial score (nSPS) is 16.4. The Morgan fingerprint density at radius 3 is 2.73 bits per heavy atom. The molecule has 1 saturated carbocycles. The Labute approximate surface area is 129 Å². The SMILES string of the molecule is O=C(NCc1cccnc1)C1(c2cccc(F)c2)CCCC1. The second-order valence-electron chi connectivity index (χ2n) is 5.84. The van der Waals surface area contributed by atoms with Gasteiger partial charge in [0.25, 0.3) is 0 Å². The number of carbonyl (C=O) groups is 1. The number of aromatic nitrogens is 1. The molecule has 0 spiro atoms. The zero-order valence-corrected chi connectivity index (χ0v) is 12.4. The molecule has 1 aromatic heterocycles. The molecule has 0 saturated heterocycles. The standard InChI is InChI=1S/C18H19FN2O/c19-16-7-3-6-15(11-16)18(8-1-2-9-18)17(22)21-13-14-5-4-10-20-12-14/h3-7,10-12H,1-2,8-9,13H2,(H,21,22). The number of carbonyl (C=O) groups excluding carboxylic acids is 1. The number of rotatable bonds is 4. The lowest BCUT2D eigenvalue weighted by atomic mass is 9.78. The monoisotopic (exact) mass is 298 g/mol. The average molecular weight is 298 g/mol. The molecule has 1 aliphatic rings. The van der Waals surface area contributed by atoms with E-state index in [1.54, 1.807) is 18.5 Å². The summed E-state index contributed by atoms with van der Waals surface area (Å²) >= 11 is 0. The highest BCUT2D eigenvalue weighted by Crippen LogP contribution is 2.41. The summed E-state index contributed by atoms with van der Waals surface area (Å²) in [6.45, 7) is 0.448. The van der Waals surface area contributed by atoms with Crippen LogP contribution in [0.25, 0.3) is 0 Å². The number of hydrogen-bond donors (Lipinski definition) is 1. The smallest absolute Gasteiger partial charge is 0.230 e. The van der Waals surface area contributed by atoms with Crippen molar-refractivity contribution in [2.75, 3.05) is 0 Å². The molecule has 1 N–H and O–H groups in total. The van der Waals surface area contributed by atoms with Gasteiger partial charge in [-0.1, -0.05) is 31.0 Å². The van der Waals surface area contributed by atoms with Crippen LogP contribution in [0.3, 0.4) is 0 Å². The first kappa shape index (κ1) is 14.7. The van der Waals surface area contributed by atoms with E-state index in [4.69, 9.17) is 0 Å². The molecular formula is C18H19FN2O. The van der Waals surface area contributed by atoms with Crippen LogP contribution in [0.2, 0.25) is 0 Å². The molecule has 1 amide bonds. The van der Waals surface area contributed by atoms with Crippen LogP contribution in [0.15, 0.2) is 48.8 Å². The highest BCUT2D eigenvalue weighted by molar-refractivity contribution is 5.88. The first-order valence-corrected chi connectivity index (χ1v) is 7.64. The maximum Gasteiger partial charge on any atom is 0.230 e. The lowest BCUT2D eigenvalue weighted by molar-refractivity contribution is -0.126. The van der Waals surface area contributed by atoms with Gasteiger partial charge in [0.2, 0.25) is 5.91 Å². The molecule has 4 heteroatoms. The Bertz CT molecular complexity index is 651. The second kappa shape index (κ2) is 6.26. The van der Waals surface area contributed by atoms with Gasteiger partial charge in [-0.15, -0.1) is 0 Å². The van der Waals surface area contributed by atoms with Gasteiger partial charge in [0.05, 0.1) is 5.41 Å². The maximum atomic E-state index is 13.6. The van der Waals surface area contributed by atoms with Gasteiger partial charge in [0.15, 0.2) is 0 Å². The minimum Gasteiger partial charge on any atom is -0.351 e. The number of nitrogens with one attached hydrogen (secondary N) is 1. The summed E-state index contributed by atoms with van der Waals surface area (Å²) in [6.07, 6.45) is 6.98. The molecular weight excluding hydrogens is 279 g/mol. The van der Waals surface area contributed by atoms with Crippen LogP contribution in [0.1, 0.15) is 36.8 Å². The quantitative estimate of drug-likeness (QED) is 0.940. The van der Waals surface area contributed by atoms with E-state index in [9.17, 15) is 9.18 Å². The number of halogens is 1. The minimum absolute atomic E-state index is 0.0144. The van der Waals surface area contributed by atoms with Gasteiger partial charge in [0.1, 0.15) is 5.82 Å². The fraction of sp³-hybridized carbons (Fsp3) is 0.333. The van der Waals surface area contributed by atoms with Crippen molar-refractivity contribution in [3.8, 4) is 0 Å². The average Bonchev–Trinajstić information content (AvgIpc) is 3.05. The number of pyridine rings is 1. The Morgan fingerprint density at radius 1 is 1.23 bits per heavy atom. The van der Waals surface area contributed by atoms with Crippen molar-refractivity contribution in [1.82, 2.24) is 10.3 Å². The molecule has 0 radical (unpaired) electrons. The summed E-state index contributed by atoms with van der Waals surface area (Å²) in [6, 6.07) is 10.2. The second-order valence-corrected chi connectivity index (χ2v) is 5.84. The predicted octanol–water partition coefficient (Wildman–Crippen LogP) is 3.35. The van der Waals surface area contributed by atoms with E-state index in [0.29, 0.717) is 6.54 Å². The third kappa shape index (κ3) is 2.86. The van der Waals surface area contributed by atoms with Gasteiger partial charge >= 0.3 is 0 Å². The Kier molecular flexibility index (Phi) is 4.18. The van der Waals surface area contributed by atoms with Crippen molar-refractivity contribution in [2.45, 2.75) is 37.6 Å². The van der Waals surface area contributed by atoms with E-state index in [2.05, 4.69) is 10.3 Å². The lowest BCUT2D eigenvalue weighted by Gasteiger charge is -2.28. The van der Waals surface area contributed by atoms with Gasteiger partial charge in [0, 0.05) is 18.9 Å². The van der Waals surface area contributed by atoms with E-state index in [0.717, 1.165) is 36.8 Å². The van der Waals surface area contributed by atoms with Crippen LogP contribution in [0, 0.1) is 5.82 Å². The Balaban J connectivity index is 1.80. The largest absolute Gasteiger partial charge is 0.351 e. The fourth-order valence-electron chi connectivity index (χ4n) is 3.27. The molecule has 3 rings (SSSR count). The van der Waals surface area contributed by atoms with Gasteiger partial charge in [-0.25, -0.2) is 4.39 Å². The van der Waals surface area contributed by atoms with Crippen molar-refractivity contribution < 1.29 is 9.18 Å². The van der Waals surface area contributed by atoms with Gasteiger partial charge in [-0.2, -0.15) is 0 Å². The number of nitrogens with zero attached hydrogens (tertiary/aromatic N) is 1. The van der Waals surface area contributed by atoms with E-state index in [1.165, 1.54) is 12.1 Å². The maximum absolute atomic E-state index is 13.6. The van der Waals surface area contributed by atoms with Crippen LogP contribution in [0.4, 0.5) is 4.39 Å². The molecule has 1 aromatic carbocycles. The van der Waals surface area contributed by atoms with Crippen LogP contribution >= 0.6 is 0 Å². The molecule has 0 aliphatic heterocycles. The first-order chi connectivity index (χ1) is 10.7. The van der Waals surface area contributed by atoms with Crippen LogP contribution in [-0.2, 0) is 16.8 Å². The predicted molar refractivity (Wildman–Crippen MR) is 82.6 cm³/mol. The highest BCUT2D eigenvalue weighted by atomic mass is 19.1. The van der Waals surface area contributed by atoms with Crippen molar-refractivity contribution >= 4 is 5.91 Å². The molecule has 0 unspecified atom stereocenters. The number of hydrogen-bond acceptors (Lipinski definition) is 2. The van der Waals surface area contributed by atoms with Crippen LogP contribution in [-0.4, -0.2) is 10.9 Å². The summed E-state index contributed by atoms with van der Waals surface area (Å²) < 4.78 is 13.6. The van der Waals surface area contributed by atoms with Gasteiger partial charge in [-0.05, 0) is 42.2 Å². The molecule has 2 aromatic rings. The Hall–Kier alpha value is -2.23. The molecule has 3 nitrogen and oxygen atoms in total. The van der Waals surface area contributed by atoms with Crippen molar-refractivity contribution in [3.05, 3.63) is 65.7 Å². The summed E-state index contributed by atoms with van der Waals surface area (Å²) in [5.74, 6) is -0.303. The molecule has 0 bridgehead atoms. The number of amides is 1. The van der Waals surface area contributed by atoms with Gasteiger partial charge < -0.3 is 5.32 Å². The molecule has 1 heterocycles. The molecule has 0 atom stereocenters. The first-order valence-electron chi connectivity index (χ1n) is 7.64. The molecule has 22 heavy (non-hydrogen) atoms. The van der Waals surface area contributed by atoms with Crippen molar-refractivity contribution in [2.24, 2.45) is 0 Å². The zero-order chi connectivity index (χ0) is 15.4.